The van der Waals surface area contributed by atoms with Gasteiger partial charge in [-0.3, -0.25) is 9.36 Å². The van der Waals surface area contributed by atoms with Gasteiger partial charge in [0.2, 0.25) is 5.91 Å². The van der Waals surface area contributed by atoms with Crippen molar-refractivity contribution in [3.8, 4) is 11.6 Å². The number of aromatic nitrogens is 3. The van der Waals surface area contributed by atoms with Gasteiger partial charge in [-0.2, -0.15) is 0 Å². The van der Waals surface area contributed by atoms with Crippen molar-refractivity contribution in [3.63, 3.8) is 0 Å². The number of furan rings is 1. The number of nitrogens with one attached hydrogen (secondary N) is 1. The quantitative estimate of drug-likeness (QED) is 0.652. The van der Waals surface area contributed by atoms with E-state index in [9.17, 15) is 4.79 Å². The highest BCUT2D eigenvalue weighted by Gasteiger charge is 2.21. The fourth-order valence-electron chi connectivity index (χ4n) is 2.19. The van der Waals surface area contributed by atoms with E-state index in [1.807, 2.05) is 48.1 Å². The van der Waals surface area contributed by atoms with Crippen LogP contribution in [0.3, 0.4) is 0 Å². The minimum Gasteiger partial charge on any atom is -0.461 e. The van der Waals surface area contributed by atoms with Crippen LogP contribution in [0.25, 0.3) is 11.6 Å². The van der Waals surface area contributed by atoms with Gasteiger partial charge in [-0.15, -0.1) is 21.5 Å². The van der Waals surface area contributed by atoms with Gasteiger partial charge in [-0.25, -0.2) is 0 Å². The van der Waals surface area contributed by atoms with E-state index in [-0.39, 0.29) is 11.2 Å². The lowest BCUT2D eigenvalue weighted by Crippen LogP contribution is -2.30. The van der Waals surface area contributed by atoms with Gasteiger partial charge in [-0.1, -0.05) is 17.8 Å². The number of thiophene rings is 1. The molecule has 0 aliphatic carbocycles. The van der Waals surface area contributed by atoms with Gasteiger partial charge in [0, 0.05) is 11.4 Å². The molecule has 126 valence electrons. The molecule has 24 heavy (non-hydrogen) atoms. The number of hydrogen-bond donors (Lipinski definition) is 1. The molecule has 0 aromatic carbocycles. The van der Waals surface area contributed by atoms with Crippen LogP contribution in [-0.4, -0.2) is 25.9 Å². The van der Waals surface area contributed by atoms with Crippen LogP contribution in [-0.2, 0) is 17.9 Å². The molecule has 6 nitrogen and oxygen atoms in total. The molecule has 3 heterocycles. The lowest BCUT2D eigenvalue weighted by molar-refractivity contribution is -0.120. The Morgan fingerprint density at radius 1 is 1.42 bits per heavy atom. The highest BCUT2D eigenvalue weighted by atomic mass is 32.2. The van der Waals surface area contributed by atoms with Crippen molar-refractivity contribution < 1.29 is 9.21 Å². The third-order valence-electron chi connectivity index (χ3n) is 3.44. The molecule has 3 aromatic heterocycles. The Morgan fingerprint density at radius 3 is 2.96 bits per heavy atom. The molecule has 1 amide bonds. The lowest BCUT2D eigenvalue weighted by Gasteiger charge is -2.12. The first-order valence-electron chi connectivity index (χ1n) is 7.63. The predicted octanol–water partition coefficient (Wildman–Crippen LogP) is 3.42. The average Bonchev–Trinajstić information content (AvgIpc) is 3.32. The van der Waals surface area contributed by atoms with Crippen LogP contribution in [0.15, 0.2) is 45.5 Å². The maximum Gasteiger partial charge on any atom is 0.233 e. The van der Waals surface area contributed by atoms with Crippen molar-refractivity contribution in [1.29, 1.82) is 0 Å². The van der Waals surface area contributed by atoms with E-state index in [0.29, 0.717) is 29.8 Å². The topological polar surface area (TPSA) is 73.0 Å². The average molecular weight is 362 g/mol. The van der Waals surface area contributed by atoms with Crippen molar-refractivity contribution in [2.75, 3.05) is 0 Å². The smallest absolute Gasteiger partial charge is 0.233 e. The van der Waals surface area contributed by atoms with E-state index in [4.69, 9.17) is 4.42 Å². The molecule has 3 rings (SSSR count). The Kier molecular flexibility index (Phi) is 5.37. The van der Waals surface area contributed by atoms with Crippen molar-refractivity contribution in [3.05, 3.63) is 40.8 Å². The maximum atomic E-state index is 12.3. The van der Waals surface area contributed by atoms with Crippen LogP contribution in [0, 0.1) is 0 Å². The van der Waals surface area contributed by atoms with Crippen LogP contribution in [0.4, 0.5) is 0 Å². The second kappa shape index (κ2) is 7.67. The van der Waals surface area contributed by atoms with Crippen LogP contribution in [0.5, 0.6) is 0 Å². The first-order chi connectivity index (χ1) is 11.7. The minimum absolute atomic E-state index is 0.0152. The number of rotatable bonds is 7. The zero-order chi connectivity index (χ0) is 16.9. The van der Waals surface area contributed by atoms with Gasteiger partial charge < -0.3 is 9.73 Å². The Labute approximate surface area is 148 Å². The lowest BCUT2D eigenvalue weighted by atomic mass is 10.4. The molecule has 0 spiro atoms. The summed E-state index contributed by atoms with van der Waals surface area (Å²) in [5.41, 5.74) is 0. The second-order valence-corrected chi connectivity index (χ2v) is 7.43. The van der Waals surface area contributed by atoms with Gasteiger partial charge in [0.25, 0.3) is 0 Å². The van der Waals surface area contributed by atoms with Crippen LogP contribution < -0.4 is 5.32 Å². The predicted molar refractivity (Wildman–Crippen MR) is 94.9 cm³/mol. The summed E-state index contributed by atoms with van der Waals surface area (Å²) < 4.78 is 7.35. The molecule has 0 aliphatic heterocycles. The maximum absolute atomic E-state index is 12.3. The highest BCUT2D eigenvalue weighted by molar-refractivity contribution is 8.00. The summed E-state index contributed by atoms with van der Waals surface area (Å²) in [4.78, 5) is 13.4. The standard InChI is InChI=1S/C16H18N4O2S2/c1-3-20-14(13-7-4-8-22-13)18-19-16(20)24-11(2)15(21)17-10-12-6-5-9-23-12/h4-9,11H,3,10H2,1-2H3,(H,17,21)/t11-/m0/s1. The molecule has 0 aliphatic rings. The summed E-state index contributed by atoms with van der Waals surface area (Å²) in [5.74, 6) is 1.33. The van der Waals surface area contributed by atoms with Gasteiger partial charge in [0.05, 0.1) is 18.1 Å². The summed E-state index contributed by atoms with van der Waals surface area (Å²) in [6, 6.07) is 7.65. The van der Waals surface area contributed by atoms with E-state index < -0.39 is 0 Å². The van der Waals surface area contributed by atoms with Gasteiger partial charge in [0.15, 0.2) is 16.7 Å². The van der Waals surface area contributed by atoms with Crippen molar-refractivity contribution >= 4 is 29.0 Å². The normalized spacial score (nSPS) is 12.2. The second-order valence-electron chi connectivity index (χ2n) is 5.08. The first kappa shape index (κ1) is 16.8. The first-order valence-corrected chi connectivity index (χ1v) is 9.38. The third-order valence-corrected chi connectivity index (χ3v) is 5.40. The monoisotopic (exact) mass is 362 g/mol. The molecular formula is C16H18N4O2S2. The zero-order valence-corrected chi connectivity index (χ0v) is 15.1. The number of thioether (sulfide) groups is 1. The Morgan fingerprint density at radius 2 is 2.29 bits per heavy atom. The Hall–Kier alpha value is -2.06. The van der Waals surface area contributed by atoms with Gasteiger partial charge in [-0.05, 0) is 37.4 Å². The van der Waals surface area contributed by atoms with Crippen LogP contribution >= 0.6 is 23.1 Å². The fraction of sp³-hybridized carbons (Fsp3) is 0.312. The highest BCUT2D eigenvalue weighted by Crippen LogP contribution is 2.27. The van der Waals surface area contributed by atoms with Gasteiger partial charge >= 0.3 is 0 Å². The van der Waals surface area contributed by atoms with E-state index in [1.165, 1.54) is 11.8 Å². The molecule has 0 unspecified atom stereocenters. The molecule has 0 fully saturated rings. The largest absolute Gasteiger partial charge is 0.461 e. The van der Waals surface area contributed by atoms with E-state index in [2.05, 4.69) is 15.5 Å². The summed E-state index contributed by atoms with van der Waals surface area (Å²) in [7, 11) is 0. The molecule has 0 saturated carbocycles. The van der Waals surface area contributed by atoms with Crippen molar-refractivity contribution in [2.45, 2.75) is 37.3 Å². The summed E-state index contributed by atoms with van der Waals surface area (Å²) >= 11 is 3.03. The molecule has 0 radical (unpaired) electrons. The number of hydrogen-bond acceptors (Lipinski definition) is 6. The molecule has 0 bridgehead atoms. The van der Waals surface area contributed by atoms with E-state index in [1.54, 1.807) is 17.6 Å². The van der Waals surface area contributed by atoms with Crippen LogP contribution in [0.1, 0.15) is 18.7 Å². The SMILES string of the molecule is CCn1c(S[C@@H](C)C(=O)NCc2cccs2)nnc1-c1ccco1. The summed E-state index contributed by atoms with van der Waals surface area (Å²) in [6.45, 7) is 5.14. The van der Waals surface area contributed by atoms with Crippen molar-refractivity contribution in [2.24, 2.45) is 0 Å². The number of carbonyl (C=O) groups excluding carboxylic acids is 1. The number of amides is 1. The molecular weight excluding hydrogens is 344 g/mol. The summed E-state index contributed by atoms with van der Waals surface area (Å²) in [5, 5.41) is 13.8. The zero-order valence-electron chi connectivity index (χ0n) is 13.4. The summed E-state index contributed by atoms with van der Waals surface area (Å²) in [6.07, 6.45) is 1.61. The molecule has 8 heteroatoms. The number of nitrogens with zero attached hydrogens (tertiary/aromatic N) is 3. The van der Waals surface area contributed by atoms with Gasteiger partial charge in [0.1, 0.15) is 0 Å². The molecule has 1 atom stereocenters. The number of carbonyl (C=O) groups is 1. The molecule has 3 aromatic rings. The van der Waals surface area contributed by atoms with E-state index in [0.717, 1.165) is 4.88 Å². The molecule has 1 N–H and O–H groups in total. The third kappa shape index (κ3) is 3.70. The Bertz CT molecular complexity index is 781. The fourth-order valence-corrected chi connectivity index (χ4v) is 3.77. The Balaban J connectivity index is 1.65. The van der Waals surface area contributed by atoms with E-state index >= 15 is 0 Å². The van der Waals surface area contributed by atoms with Crippen molar-refractivity contribution in [1.82, 2.24) is 20.1 Å². The molecule has 0 saturated heterocycles. The van der Waals surface area contributed by atoms with Crippen LogP contribution in [0.2, 0.25) is 0 Å². The minimum atomic E-state index is -0.260.